The van der Waals surface area contributed by atoms with Gasteiger partial charge in [0.1, 0.15) is 13.2 Å². The molecule has 0 saturated carbocycles. The SMILES string of the molecule is C#CCn1c(=NC(=O)c2ccc3c(c2)OCCO3)sc2c3ccccc3ccc21. The van der Waals surface area contributed by atoms with Crippen molar-refractivity contribution in [2.45, 2.75) is 6.54 Å². The molecule has 4 aromatic rings. The van der Waals surface area contributed by atoms with Crippen molar-refractivity contribution in [1.82, 2.24) is 4.57 Å². The summed E-state index contributed by atoms with van der Waals surface area (Å²) < 4.78 is 14.1. The number of hydrogen-bond donors (Lipinski definition) is 0. The maximum atomic E-state index is 12.9. The maximum absolute atomic E-state index is 12.9. The zero-order chi connectivity index (χ0) is 19.8. The molecule has 3 aromatic carbocycles. The second-order valence-corrected chi connectivity index (χ2v) is 7.56. The zero-order valence-corrected chi connectivity index (χ0v) is 16.2. The first kappa shape index (κ1) is 17.5. The second-order valence-electron chi connectivity index (χ2n) is 6.59. The molecule has 1 amide bonds. The number of terminal acetylenes is 1. The van der Waals surface area contributed by atoms with E-state index in [1.54, 1.807) is 18.2 Å². The Bertz CT molecular complexity index is 1370. The number of thiazole rings is 1. The lowest BCUT2D eigenvalue weighted by Crippen LogP contribution is -2.17. The fourth-order valence-electron chi connectivity index (χ4n) is 3.46. The minimum atomic E-state index is -0.344. The van der Waals surface area contributed by atoms with Crippen LogP contribution in [0.1, 0.15) is 10.4 Å². The molecule has 5 nitrogen and oxygen atoms in total. The molecule has 142 valence electrons. The van der Waals surface area contributed by atoms with Gasteiger partial charge in [-0.05, 0) is 29.7 Å². The number of amides is 1. The van der Waals surface area contributed by atoms with Crippen LogP contribution in [0.25, 0.3) is 21.0 Å². The number of carbonyl (C=O) groups is 1. The molecule has 0 saturated heterocycles. The van der Waals surface area contributed by atoms with Crippen molar-refractivity contribution < 1.29 is 14.3 Å². The molecule has 5 rings (SSSR count). The van der Waals surface area contributed by atoms with E-state index in [0.717, 1.165) is 21.0 Å². The number of fused-ring (bicyclic) bond motifs is 4. The van der Waals surface area contributed by atoms with Crippen LogP contribution in [0.4, 0.5) is 0 Å². The molecule has 0 radical (unpaired) electrons. The van der Waals surface area contributed by atoms with Crippen LogP contribution in [0.3, 0.4) is 0 Å². The second kappa shape index (κ2) is 7.12. The molecule has 29 heavy (non-hydrogen) atoms. The highest BCUT2D eigenvalue weighted by Crippen LogP contribution is 2.31. The third-order valence-corrected chi connectivity index (χ3v) is 5.94. The Hall–Kier alpha value is -3.56. The quantitative estimate of drug-likeness (QED) is 0.478. The van der Waals surface area contributed by atoms with E-state index in [1.807, 2.05) is 22.8 Å². The van der Waals surface area contributed by atoms with Crippen molar-refractivity contribution in [1.29, 1.82) is 0 Å². The van der Waals surface area contributed by atoms with E-state index < -0.39 is 0 Å². The number of ether oxygens (including phenoxy) is 2. The summed E-state index contributed by atoms with van der Waals surface area (Å²) in [5, 5.41) is 2.26. The standard InChI is InChI=1S/C23H16N2O3S/c1-2-11-25-18-9-7-15-5-3-4-6-17(15)21(18)29-23(25)24-22(26)16-8-10-19-20(14-16)28-13-12-27-19/h1,3-10,14H,11-13H2. The van der Waals surface area contributed by atoms with Gasteiger partial charge in [-0.2, -0.15) is 4.99 Å². The summed E-state index contributed by atoms with van der Waals surface area (Å²) in [6, 6.07) is 17.4. The Morgan fingerprint density at radius 1 is 1.10 bits per heavy atom. The third kappa shape index (κ3) is 3.06. The number of benzene rings is 3. The topological polar surface area (TPSA) is 52.8 Å². The highest BCUT2D eigenvalue weighted by atomic mass is 32.1. The Labute approximate surface area is 170 Å². The van der Waals surface area contributed by atoms with E-state index in [9.17, 15) is 4.79 Å². The predicted octanol–water partition coefficient (Wildman–Crippen LogP) is 4.00. The van der Waals surface area contributed by atoms with Crippen molar-refractivity contribution in [2.24, 2.45) is 4.99 Å². The van der Waals surface area contributed by atoms with Gasteiger partial charge in [0.25, 0.3) is 5.91 Å². The van der Waals surface area contributed by atoms with Crippen LogP contribution >= 0.6 is 11.3 Å². The van der Waals surface area contributed by atoms with Gasteiger partial charge >= 0.3 is 0 Å². The summed E-state index contributed by atoms with van der Waals surface area (Å²) in [6.45, 7) is 1.31. The monoisotopic (exact) mass is 400 g/mol. The summed E-state index contributed by atoms with van der Waals surface area (Å²) in [4.78, 5) is 17.8. The molecule has 0 unspecified atom stereocenters. The molecule has 0 N–H and O–H groups in total. The average Bonchev–Trinajstić information content (AvgIpc) is 3.11. The summed E-state index contributed by atoms with van der Waals surface area (Å²) in [7, 11) is 0. The van der Waals surface area contributed by atoms with Gasteiger partial charge in [-0.3, -0.25) is 4.79 Å². The molecule has 1 aliphatic heterocycles. The molecular weight excluding hydrogens is 384 g/mol. The minimum Gasteiger partial charge on any atom is -0.486 e. The number of carbonyl (C=O) groups excluding carboxylic acids is 1. The van der Waals surface area contributed by atoms with Gasteiger partial charge in [0.05, 0.1) is 16.8 Å². The van der Waals surface area contributed by atoms with Crippen molar-refractivity contribution >= 4 is 38.2 Å². The Morgan fingerprint density at radius 2 is 1.93 bits per heavy atom. The summed E-state index contributed by atoms with van der Waals surface area (Å²) in [5.41, 5.74) is 1.42. The van der Waals surface area contributed by atoms with E-state index in [1.165, 1.54) is 11.3 Å². The van der Waals surface area contributed by atoms with Gasteiger partial charge in [0.2, 0.25) is 0 Å². The lowest BCUT2D eigenvalue weighted by atomic mass is 10.1. The van der Waals surface area contributed by atoms with Crippen molar-refractivity contribution in [3.05, 3.63) is 65.0 Å². The summed E-state index contributed by atoms with van der Waals surface area (Å²) in [5.74, 6) is 3.53. The fourth-order valence-corrected chi connectivity index (χ4v) is 4.62. The van der Waals surface area contributed by atoms with Gasteiger partial charge in [-0.15, -0.1) is 6.42 Å². The summed E-state index contributed by atoms with van der Waals surface area (Å²) in [6.07, 6.45) is 5.59. The minimum absolute atomic E-state index is 0.339. The number of nitrogens with zero attached hydrogens (tertiary/aromatic N) is 2. The highest BCUT2D eigenvalue weighted by Gasteiger charge is 2.16. The first-order chi connectivity index (χ1) is 14.2. The van der Waals surface area contributed by atoms with E-state index >= 15 is 0 Å². The van der Waals surface area contributed by atoms with E-state index in [2.05, 4.69) is 29.1 Å². The largest absolute Gasteiger partial charge is 0.486 e. The van der Waals surface area contributed by atoms with E-state index in [-0.39, 0.29) is 5.91 Å². The van der Waals surface area contributed by atoms with Gasteiger partial charge in [-0.25, -0.2) is 0 Å². The van der Waals surface area contributed by atoms with Crippen LogP contribution in [0, 0.1) is 12.3 Å². The van der Waals surface area contributed by atoms with Crippen molar-refractivity contribution in [3.8, 4) is 23.8 Å². The van der Waals surface area contributed by atoms with Crippen LogP contribution in [-0.2, 0) is 6.54 Å². The van der Waals surface area contributed by atoms with Crippen molar-refractivity contribution in [3.63, 3.8) is 0 Å². The molecule has 0 fully saturated rings. The van der Waals surface area contributed by atoms with Crippen LogP contribution in [0.5, 0.6) is 11.5 Å². The zero-order valence-electron chi connectivity index (χ0n) is 15.4. The van der Waals surface area contributed by atoms with E-state index in [4.69, 9.17) is 15.9 Å². The Morgan fingerprint density at radius 3 is 2.79 bits per heavy atom. The number of aromatic nitrogens is 1. The summed E-state index contributed by atoms with van der Waals surface area (Å²) >= 11 is 1.47. The predicted molar refractivity (Wildman–Crippen MR) is 113 cm³/mol. The third-order valence-electron chi connectivity index (χ3n) is 4.81. The number of hydrogen-bond acceptors (Lipinski definition) is 4. The van der Waals surface area contributed by atoms with Crippen LogP contribution in [-0.4, -0.2) is 23.7 Å². The molecule has 0 bridgehead atoms. The Kier molecular flexibility index (Phi) is 4.30. The molecule has 0 aliphatic carbocycles. The molecule has 2 heterocycles. The molecule has 0 spiro atoms. The van der Waals surface area contributed by atoms with Gasteiger partial charge < -0.3 is 14.0 Å². The first-order valence-corrected chi connectivity index (χ1v) is 9.99. The molecule has 6 heteroatoms. The number of rotatable bonds is 2. The highest BCUT2D eigenvalue weighted by molar-refractivity contribution is 7.17. The lowest BCUT2D eigenvalue weighted by molar-refractivity contribution is 0.0996. The van der Waals surface area contributed by atoms with Crippen LogP contribution in [0.2, 0.25) is 0 Å². The average molecular weight is 400 g/mol. The van der Waals surface area contributed by atoms with Crippen LogP contribution < -0.4 is 14.3 Å². The Balaban J connectivity index is 1.66. The smallest absolute Gasteiger partial charge is 0.279 e. The maximum Gasteiger partial charge on any atom is 0.279 e. The fraction of sp³-hybridized carbons (Fsp3) is 0.130. The normalized spacial score (nSPS) is 13.6. The van der Waals surface area contributed by atoms with Gasteiger partial charge in [0.15, 0.2) is 16.3 Å². The first-order valence-electron chi connectivity index (χ1n) is 9.18. The molecular formula is C23H16N2O3S. The molecule has 0 atom stereocenters. The van der Waals surface area contributed by atoms with E-state index in [0.29, 0.717) is 41.6 Å². The van der Waals surface area contributed by atoms with Crippen molar-refractivity contribution in [2.75, 3.05) is 13.2 Å². The van der Waals surface area contributed by atoms with Gasteiger partial charge in [-0.1, -0.05) is 47.6 Å². The molecule has 1 aliphatic rings. The van der Waals surface area contributed by atoms with Gasteiger partial charge in [0, 0.05) is 10.9 Å². The van der Waals surface area contributed by atoms with Crippen LogP contribution in [0.15, 0.2) is 59.6 Å². The lowest BCUT2D eigenvalue weighted by Gasteiger charge is -2.18. The molecule has 1 aromatic heterocycles.